The quantitative estimate of drug-likeness (QED) is 0.566. The lowest BCUT2D eigenvalue weighted by Gasteiger charge is -2.23. The summed E-state index contributed by atoms with van der Waals surface area (Å²) in [4.78, 5) is 2.35. The van der Waals surface area contributed by atoms with E-state index in [4.69, 9.17) is 11.6 Å². The molecule has 94 valence electrons. The van der Waals surface area contributed by atoms with Crippen LogP contribution in [0.25, 0.3) is 10.8 Å². The molecule has 2 aromatic carbocycles. The highest BCUT2D eigenvalue weighted by atomic mass is 35.5. The minimum atomic E-state index is 0.576. The highest BCUT2D eigenvalue weighted by Gasteiger charge is 2.06. The molecular weight excluding hydrogens is 242 g/mol. The van der Waals surface area contributed by atoms with Gasteiger partial charge in [0, 0.05) is 30.0 Å². The number of hydrogen-bond donors (Lipinski definition) is 0. The van der Waals surface area contributed by atoms with Crippen molar-refractivity contribution < 1.29 is 0 Å². The van der Waals surface area contributed by atoms with E-state index in [1.54, 1.807) is 0 Å². The van der Waals surface area contributed by atoms with Gasteiger partial charge in [-0.1, -0.05) is 48.6 Å². The molecule has 2 rings (SSSR count). The van der Waals surface area contributed by atoms with Crippen LogP contribution in [0.15, 0.2) is 54.6 Å². The Bertz CT molecular complexity index is 528. The van der Waals surface area contributed by atoms with Gasteiger partial charge in [0.1, 0.15) is 0 Å². The number of likely N-dealkylation sites (N-methyl/N-ethyl adjacent to an activating group) is 1. The summed E-state index contributed by atoms with van der Waals surface area (Å²) in [6, 6.07) is 15.0. The van der Waals surface area contributed by atoms with E-state index in [9.17, 15) is 0 Å². The van der Waals surface area contributed by atoms with E-state index < -0.39 is 0 Å². The Morgan fingerprint density at radius 3 is 2.61 bits per heavy atom. The zero-order chi connectivity index (χ0) is 12.8. The van der Waals surface area contributed by atoms with Crippen molar-refractivity contribution in [3.05, 3.63) is 54.6 Å². The third-order valence-corrected chi connectivity index (χ3v) is 3.25. The molecule has 0 saturated carbocycles. The number of hydrogen-bond acceptors (Lipinski definition) is 1. The number of fused-ring (bicyclic) bond motifs is 1. The summed E-state index contributed by atoms with van der Waals surface area (Å²) >= 11 is 5.66. The van der Waals surface area contributed by atoms with Gasteiger partial charge in [-0.15, -0.1) is 11.6 Å². The number of halogens is 1. The normalized spacial score (nSPS) is 11.2. The molecule has 0 N–H and O–H groups in total. The van der Waals surface area contributed by atoms with Crippen LogP contribution in [0.3, 0.4) is 0 Å². The van der Waals surface area contributed by atoms with Crippen LogP contribution in [-0.4, -0.2) is 19.0 Å². The van der Waals surface area contributed by atoms with Crippen molar-refractivity contribution >= 4 is 28.1 Å². The van der Waals surface area contributed by atoms with Gasteiger partial charge in [-0.2, -0.15) is 0 Å². The van der Waals surface area contributed by atoms with Crippen molar-refractivity contribution in [3.8, 4) is 0 Å². The number of benzene rings is 2. The topological polar surface area (TPSA) is 3.24 Å². The lowest BCUT2D eigenvalue weighted by molar-refractivity contribution is 0.910. The van der Waals surface area contributed by atoms with E-state index >= 15 is 0 Å². The van der Waals surface area contributed by atoms with Crippen LogP contribution in [0.5, 0.6) is 0 Å². The van der Waals surface area contributed by atoms with Crippen LogP contribution in [-0.2, 0) is 0 Å². The lowest BCUT2D eigenvalue weighted by Crippen LogP contribution is -2.22. The molecule has 2 aromatic rings. The molecule has 0 aliphatic heterocycles. The zero-order valence-corrected chi connectivity index (χ0v) is 11.4. The SMILES string of the molecule is CCN(CC=CCCl)c1cccc2ccccc12. The maximum atomic E-state index is 5.66. The second kappa shape index (κ2) is 6.46. The second-order valence-corrected chi connectivity index (χ2v) is 4.47. The molecule has 0 bridgehead atoms. The van der Waals surface area contributed by atoms with Crippen LogP contribution in [0.4, 0.5) is 5.69 Å². The molecule has 0 saturated heterocycles. The summed E-state index contributed by atoms with van der Waals surface area (Å²) in [6.07, 6.45) is 4.12. The third kappa shape index (κ3) is 2.85. The maximum Gasteiger partial charge on any atom is 0.0448 e. The van der Waals surface area contributed by atoms with Gasteiger partial charge >= 0.3 is 0 Å². The molecule has 1 nitrogen and oxygen atoms in total. The summed E-state index contributed by atoms with van der Waals surface area (Å²) in [5, 5.41) is 2.59. The van der Waals surface area contributed by atoms with Crippen molar-refractivity contribution in [3.63, 3.8) is 0 Å². The highest BCUT2D eigenvalue weighted by Crippen LogP contribution is 2.26. The molecule has 0 atom stereocenters. The second-order valence-electron chi connectivity index (χ2n) is 4.16. The van der Waals surface area contributed by atoms with Gasteiger partial charge in [0.15, 0.2) is 0 Å². The first-order valence-electron chi connectivity index (χ1n) is 6.30. The zero-order valence-electron chi connectivity index (χ0n) is 10.6. The van der Waals surface area contributed by atoms with Crippen molar-refractivity contribution in [2.45, 2.75) is 6.92 Å². The fourth-order valence-corrected chi connectivity index (χ4v) is 2.27. The summed E-state index contributed by atoms with van der Waals surface area (Å²) < 4.78 is 0. The monoisotopic (exact) mass is 259 g/mol. The fraction of sp³-hybridized carbons (Fsp3) is 0.250. The Morgan fingerprint density at radius 1 is 1.06 bits per heavy atom. The molecule has 0 aromatic heterocycles. The molecule has 0 heterocycles. The first-order valence-corrected chi connectivity index (χ1v) is 6.84. The molecule has 0 aliphatic carbocycles. The number of anilines is 1. The average Bonchev–Trinajstić information content (AvgIpc) is 2.43. The van der Waals surface area contributed by atoms with Gasteiger partial charge in [0.2, 0.25) is 0 Å². The number of nitrogens with zero attached hydrogens (tertiary/aromatic N) is 1. The maximum absolute atomic E-state index is 5.66. The molecule has 0 spiro atoms. The van der Waals surface area contributed by atoms with Crippen LogP contribution in [0, 0.1) is 0 Å². The van der Waals surface area contributed by atoms with Gasteiger partial charge in [0.25, 0.3) is 0 Å². The van der Waals surface area contributed by atoms with E-state index in [1.165, 1.54) is 16.5 Å². The van der Waals surface area contributed by atoms with Crippen LogP contribution >= 0.6 is 11.6 Å². The number of rotatable bonds is 5. The summed E-state index contributed by atoms with van der Waals surface area (Å²) in [5.41, 5.74) is 1.29. The Kier molecular flexibility index (Phi) is 4.66. The lowest BCUT2D eigenvalue weighted by atomic mass is 10.1. The average molecular weight is 260 g/mol. The highest BCUT2D eigenvalue weighted by molar-refractivity contribution is 6.18. The van der Waals surface area contributed by atoms with Crippen molar-refractivity contribution in [1.29, 1.82) is 0 Å². The Balaban J connectivity index is 2.35. The standard InChI is InChI=1S/C16H18ClN/c1-2-18(13-6-5-12-17)16-11-7-9-14-8-3-4-10-15(14)16/h3-11H,2,12-13H2,1H3. The fourth-order valence-electron chi connectivity index (χ4n) is 2.15. The van der Waals surface area contributed by atoms with Gasteiger partial charge in [-0.3, -0.25) is 0 Å². The van der Waals surface area contributed by atoms with Crippen molar-refractivity contribution in [2.75, 3.05) is 23.9 Å². The number of alkyl halides is 1. The molecule has 0 radical (unpaired) electrons. The predicted molar refractivity (Wildman–Crippen MR) is 81.7 cm³/mol. The number of allylic oxidation sites excluding steroid dienone is 1. The molecular formula is C16H18ClN. The van der Waals surface area contributed by atoms with Gasteiger partial charge < -0.3 is 4.90 Å². The van der Waals surface area contributed by atoms with E-state index in [-0.39, 0.29) is 0 Å². The van der Waals surface area contributed by atoms with Crippen LogP contribution in [0.2, 0.25) is 0 Å². The predicted octanol–water partition coefficient (Wildman–Crippen LogP) is 4.46. The molecule has 2 heteroatoms. The minimum absolute atomic E-state index is 0.576. The van der Waals surface area contributed by atoms with E-state index in [0.717, 1.165) is 13.1 Å². The van der Waals surface area contributed by atoms with E-state index in [2.05, 4.69) is 60.4 Å². The Labute approximate surface area is 114 Å². The summed E-state index contributed by atoms with van der Waals surface area (Å²) in [5.74, 6) is 0.576. The first-order chi connectivity index (χ1) is 8.86. The Hall–Kier alpha value is -1.47. The molecule has 0 amide bonds. The minimum Gasteiger partial charge on any atom is -0.368 e. The van der Waals surface area contributed by atoms with Crippen molar-refractivity contribution in [1.82, 2.24) is 0 Å². The Morgan fingerprint density at radius 2 is 1.83 bits per heavy atom. The van der Waals surface area contributed by atoms with Crippen molar-refractivity contribution in [2.24, 2.45) is 0 Å². The van der Waals surface area contributed by atoms with Gasteiger partial charge in [-0.05, 0) is 18.4 Å². The summed E-state index contributed by atoms with van der Waals surface area (Å²) in [6.45, 7) is 4.06. The molecule has 0 unspecified atom stereocenters. The largest absolute Gasteiger partial charge is 0.368 e. The van der Waals surface area contributed by atoms with E-state index in [1.807, 2.05) is 6.08 Å². The smallest absolute Gasteiger partial charge is 0.0448 e. The van der Waals surface area contributed by atoms with Crippen LogP contribution in [0.1, 0.15) is 6.92 Å². The molecule has 0 fully saturated rings. The molecule has 0 aliphatic rings. The van der Waals surface area contributed by atoms with Gasteiger partial charge in [0.05, 0.1) is 0 Å². The third-order valence-electron chi connectivity index (χ3n) is 3.07. The molecule has 18 heavy (non-hydrogen) atoms. The summed E-state index contributed by atoms with van der Waals surface area (Å²) in [7, 11) is 0. The first kappa shape index (κ1) is 13.0. The van der Waals surface area contributed by atoms with Gasteiger partial charge in [-0.25, -0.2) is 0 Å². The van der Waals surface area contributed by atoms with Crippen LogP contribution < -0.4 is 4.90 Å². The van der Waals surface area contributed by atoms with E-state index in [0.29, 0.717) is 5.88 Å².